The Morgan fingerprint density at radius 2 is 2.04 bits per heavy atom. The summed E-state index contributed by atoms with van der Waals surface area (Å²) in [6.07, 6.45) is 3.61. The molecule has 0 saturated carbocycles. The Bertz CT molecular complexity index is 653. The fraction of sp³-hybridized carbons (Fsp3) is 0.474. The lowest BCUT2D eigenvalue weighted by molar-refractivity contribution is -0.125. The predicted molar refractivity (Wildman–Crippen MR) is 92.7 cm³/mol. The number of nitriles is 1. The summed E-state index contributed by atoms with van der Waals surface area (Å²) in [5.74, 6) is 1.47. The van der Waals surface area contributed by atoms with Crippen LogP contribution in [0.1, 0.15) is 32.3 Å². The van der Waals surface area contributed by atoms with E-state index in [-0.39, 0.29) is 11.5 Å². The monoisotopic (exact) mass is 328 g/mol. The lowest BCUT2D eigenvalue weighted by Crippen LogP contribution is -2.28. The average molecular weight is 328 g/mol. The van der Waals surface area contributed by atoms with Gasteiger partial charge in [0.15, 0.2) is 11.5 Å². The Kier molecular flexibility index (Phi) is 6.25. The first-order valence-electron chi connectivity index (χ1n) is 8.27. The Balaban J connectivity index is 2.20. The van der Waals surface area contributed by atoms with Gasteiger partial charge in [-0.25, -0.2) is 0 Å². The van der Waals surface area contributed by atoms with Gasteiger partial charge in [0.2, 0.25) is 0 Å². The number of hydrogen-bond donors (Lipinski definition) is 0. The van der Waals surface area contributed by atoms with Crippen molar-refractivity contribution in [3.63, 3.8) is 0 Å². The third-order valence-corrected chi connectivity index (χ3v) is 3.81. The Hall–Kier alpha value is -2.48. The molecule has 0 spiro atoms. The Morgan fingerprint density at radius 1 is 1.33 bits per heavy atom. The number of carbonyl (C=O) groups is 1. The molecule has 0 unspecified atom stereocenters. The molecule has 1 aliphatic rings. The second kappa shape index (κ2) is 8.39. The molecule has 1 fully saturated rings. The van der Waals surface area contributed by atoms with E-state index in [9.17, 15) is 10.1 Å². The first-order valence-corrected chi connectivity index (χ1v) is 8.27. The number of hydrogen-bond acceptors (Lipinski definition) is 4. The van der Waals surface area contributed by atoms with Crippen molar-refractivity contribution in [2.75, 3.05) is 26.8 Å². The number of likely N-dealkylation sites (tertiary alicyclic amines) is 1. The molecule has 5 nitrogen and oxygen atoms in total. The van der Waals surface area contributed by atoms with E-state index in [0.717, 1.165) is 31.5 Å². The summed E-state index contributed by atoms with van der Waals surface area (Å²) in [5, 5.41) is 9.32. The zero-order valence-corrected chi connectivity index (χ0v) is 14.5. The van der Waals surface area contributed by atoms with E-state index in [1.54, 1.807) is 24.2 Å². The van der Waals surface area contributed by atoms with Crippen LogP contribution >= 0.6 is 0 Å². The summed E-state index contributed by atoms with van der Waals surface area (Å²) in [7, 11) is 1.58. The maximum atomic E-state index is 12.4. The molecule has 0 N–H and O–H groups in total. The van der Waals surface area contributed by atoms with E-state index in [4.69, 9.17) is 9.47 Å². The zero-order valence-electron chi connectivity index (χ0n) is 14.5. The van der Waals surface area contributed by atoms with Crippen molar-refractivity contribution < 1.29 is 14.3 Å². The number of ether oxygens (including phenoxy) is 2. The van der Waals surface area contributed by atoms with Crippen LogP contribution in [0.3, 0.4) is 0 Å². The molecule has 0 aromatic heterocycles. The lowest BCUT2D eigenvalue weighted by atomic mass is 10.1. The van der Waals surface area contributed by atoms with Gasteiger partial charge in [-0.1, -0.05) is 19.9 Å². The zero-order chi connectivity index (χ0) is 17.5. The van der Waals surface area contributed by atoms with Crippen LogP contribution in [0, 0.1) is 17.2 Å². The van der Waals surface area contributed by atoms with Crippen LogP contribution in [-0.4, -0.2) is 37.6 Å². The van der Waals surface area contributed by atoms with Gasteiger partial charge >= 0.3 is 0 Å². The van der Waals surface area contributed by atoms with Gasteiger partial charge in [0.05, 0.1) is 13.7 Å². The quantitative estimate of drug-likeness (QED) is 0.594. The summed E-state index contributed by atoms with van der Waals surface area (Å²) in [4.78, 5) is 14.1. The fourth-order valence-electron chi connectivity index (χ4n) is 2.55. The molecule has 24 heavy (non-hydrogen) atoms. The number of carbonyl (C=O) groups excluding carboxylic acids is 1. The van der Waals surface area contributed by atoms with Gasteiger partial charge in [-0.15, -0.1) is 0 Å². The van der Waals surface area contributed by atoms with E-state index >= 15 is 0 Å². The molecule has 5 heteroatoms. The molecule has 2 rings (SSSR count). The molecule has 0 radical (unpaired) electrons. The SMILES string of the molecule is COc1cc(/C=C(\C#N)C(=O)N2CCCC2)ccc1OCC(C)C. The first-order chi connectivity index (χ1) is 11.5. The number of benzene rings is 1. The minimum atomic E-state index is -0.200. The van der Waals surface area contributed by atoms with Crippen molar-refractivity contribution in [2.45, 2.75) is 26.7 Å². The summed E-state index contributed by atoms with van der Waals surface area (Å²) in [5.41, 5.74) is 0.891. The highest BCUT2D eigenvalue weighted by atomic mass is 16.5. The molecule has 1 heterocycles. The molecule has 1 aromatic rings. The van der Waals surface area contributed by atoms with Crippen LogP contribution < -0.4 is 9.47 Å². The summed E-state index contributed by atoms with van der Waals surface area (Å²) in [6.45, 7) is 6.20. The second-order valence-corrected chi connectivity index (χ2v) is 6.28. The van der Waals surface area contributed by atoms with Crippen LogP contribution in [0.5, 0.6) is 11.5 Å². The normalized spacial score (nSPS) is 14.6. The summed E-state index contributed by atoms with van der Waals surface area (Å²) >= 11 is 0. The number of methoxy groups -OCH3 is 1. The molecule has 1 saturated heterocycles. The number of rotatable bonds is 6. The maximum Gasteiger partial charge on any atom is 0.264 e. The topological polar surface area (TPSA) is 62.6 Å². The van der Waals surface area contributed by atoms with Crippen LogP contribution in [0.2, 0.25) is 0 Å². The van der Waals surface area contributed by atoms with Crippen molar-refractivity contribution in [2.24, 2.45) is 5.92 Å². The Labute approximate surface area is 143 Å². The first kappa shape index (κ1) is 17.9. The molecular formula is C19H24N2O3. The molecule has 0 bridgehead atoms. The van der Waals surface area contributed by atoms with Gasteiger partial charge in [-0.05, 0) is 42.5 Å². The van der Waals surface area contributed by atoms with Crippen LogP contribution in [0.25, 0.3) is 6.08 Å². The molecule has 1 amide bonds. The van der Waals surface area contributed by atoms with Gasteiger partial charge in [0.25, 0.3) is 5.91 Å². The van der Waals surface area contributed by atoms with Crippen molar-refractivity contribution in [1.29, 1.82) is 5.26 Å². The van der Waals surface area contributed by atoms with Crippen LogP contribution in [-0.2, 0) is 4.79 Å². The van der Waals surface area contributed by atoms with Crippen molar-refractivity contribution >= 4 is 12.0 Å². The molecule has 1 aromatic carbocycles. The van der Waals surface area contributed by atoms with Gasteiger partial charge in [0.1, 0.15) is 11.6 Å². The maximum absolute atomic E-state index is 12.4. The van der Waals surface area contributed by atoms with Crippen molar-refractivity contribution in [3.8, 4) is 17.6 Å². The van der Waals surface area contributed by atoms with E-state index in [1.807, 2.05) is 18.2 Å². The largest absolute Gasteiger partial charge is 0.493 e. The van der Waals surface area contributed by atoms with Crippen molar-refractivity contribution in [1.82, 2.24) is 4.90 Å². The van der Waals surface area contributed by atoms with Crippen LogP contribution in [0.15, 0.2) is 23.8 Å². The van der Waals surface area contributed by atoms with Crippen molar-refractivity contribution in [3.05, 3.63) is 29.3 Å². The van der Waals surface area contributed by atoms with Gasteiger partial charge < -0.3 is 14.4 Å². The highest BCUT2D eigenvalue weighted by molar-refractivity contribution is 6.01. The van der Waals surface area contributed by atoms with Crippen LogP contribution in [0.4, 0.5) is 0 Å². The lowest BCUT2D eigenvalue weighted by Gasteiger charge is -2.15. The van der Waals surface area contributed by atoms with E-state index < -0.39 is 0 Å². The predicted octanol–water partition coefficient (Wildman–Crippen LogP) is 3.26. The van der Waals surface area contributed by atoms with E-state index in [0.29, 0.717) is 24.0 Å². The number of nitrogens with zero attached hydrogens (tertiary/aromatic N) is 2. The highest BCUT2D eigenvalue weighted by Crippen LogP contribution is 2.29. The third kappa shape index (κ3) is 4.51. The van der Waals surface area contributed by atoms with Gasteiger partial charge in [-0.3, -0.25) is 4.79 Å². The fourth-order valence-corrected chi connectivity index (χ4v) is 2.55. The molecule has 128 valence electrons. The van der Waals surface area contributed by atoms with E-state index in [1.165, 1.54) is 0 Å². The third-order valence-electron chi connectivity index (χ3n) is 3.81. The number of amides is 1. The highest BCUT2D eigenvalue weighted by Gasteiger charge is 2.21. The molecule has 0 atom stereocenters. The van der Waals surface area contributed by atoms with E-state index in [2.05, 4.69) is 13.8 Å². The summed E-state index contributed by atoms with van der Waals surface area (Å²) < 4.78 is 11.1. The summed E-state index contributed by atoms with van der Waals surface area (Å²) in [6, 6.07) is 7.43. The van der Waals surface area contributed by atoms with Gasteiger partial charge in [-0.2, -0.15) is 5.26 Å². The minimum absolute atomic E-state index is 0.148. The van der Waals surface area contributed by atoms with Gasteiger partial charge in [0, 0.05) is 13.1 Å². The molecule has 0 aliphatic carbocycles. The minimum Gasteiger partial charge on any atom is -0.493 e. The smallest absolute Gasteiger partial charge is 0.264 e. The average Bonchev–Trinajstić information content (AvgIpc) is 3.12. The molecule has 1 aliphatic heterocycles. The standard InChI is InChI=1S/C19H24N2O3/c1-14(2)13-24-17-7-6-15(11-18(17)23-3)10-16(12-20)19(22)21-8-4-5-9-21/h6-7,10-11,14H,4-5,8-9,13H2,1-3H3/b16-10+. The Morgan fingerprint density at radius 3 is 2.62 bits per heavy atom. The second-order valence-electron chi connectivity index (χ2n) is 6.28. The molecular weight excluding hydrogens is 304 g/mol.